The van der Waals surface area contributed by atoms with Gasteiger partial charge in [0.25, 0.3) is 0 Å². The molecule has 0 radical (unpaired) electrons. The average Bonchev–Trinajstić information content (AvgIpc) is 2.86. The molecule has 0 aromatic heterocycles. The lowest BCUT2D eigenvalue weighted by atomic mass is 9.61. The van der Waals surface area contributed by atoms with Crippen molar-refractivity contribution < 1.29 is 9.53 Å². The molecule has 35 heavy (non-hydrogen) atoms. The molecule has 2 nitrogen and oxygen atoms in total. The molecule has 0 saturated carbocycles. The molecule has 0 amide bonds. The third-order valence-corrected chi connectivity index (χ3v) is 7.47. The zero-order valence-electron chi connectivity index (χ0n) is 22.6. The van der Waals surface area contributed by atoms with E-state index in [1.807, 2.05) is 13.8 Å². The molecule has 0 saturated heterocycles. The van der Waals surface area contributed by atoms with E-state index >= 15 is 0 Å². The van der Waals surface area contributed by atoms with Crippen molar-refractivity contribution in [3.8, 4) is 0 Å². The van der Waals surface area contributed by atoms with Crippen LogP contribution in [-0.4, -0.2) is 13.1 Å². The molecule has 0 aliphatic heterocycles. The Morgan fingerprint density at radius 3 is 1.63 bits per heavy atom. The lowest BCUT2D eigenvalue weighted by Gasteiger charge is -2.42. The van der Waals surface area contributed by atoms with Gasteiger partial charge in [-0.2, -0.15) is 0 Å². The van der Waals surface area contributed by atoms with Crippen molar-refractivity contribution in [2.75, 3.05) is 7.11 Å². The summed E-state index contributed by atoms with van der Waals surface area (Å²) in [4.78, 5) is 12.9. The maximum Gasteiger partial charge on any atom is 0.311 e. The standard InChI is InChI=1S/C33H42O2/c1-8-25(26-19-21-27(22-20-26)31(2,3)4)23-33(28-15-11-9-12-16-28,29-17-13-10-14-18-29)24-32(5,6)30(34)35-7/h9-22,25H,8,23-24H2,1-7H3. The summed E-state index contributed by atoms with van der Waals surface area (Å²) in [5, 5.41) is 0. The summed E-state index contributed by atoms with van der Waals surface area (Å²) in [7, 11) is 1.49. The first kappa shape index (κ1) is 26.7. The molecule has 0 spiro atoms. The van der Waals surface area contributed by atoms with Gasteiger partial charge in [-0.1, -0.05) is 113 Å². The molecule has 3 aromatic rings. The Kier molecular flexibility index (Phi) is 8.26. The van der Waals surface area contributed by atoms with Crippen molar-refractivity contribution in [1.82, 2.24) is 0 Å². The van der Waals surface area contributed by atoms with Gasteiger partial charge in [0, 0.05) is 5.41 Å². The first-order valence-corrected chi connectivity index (χ1v) is 12.8. The van der Waals surface area contributed by atoms with Crippen LogP contribution in [0.1, 0.15) is 89.0 Å². The van der Waals surface area contributed by atoms with E-state index in [9.17, 15) is 4.79 Å². The normalized spacial score (nSPS) is 13.3. The highest BCUT2D eigenvalue weighted by molar-refractivity contribution is 5.76. The molecule has 3 rings (SSSR count). The van der Waals surface area contributed by atoms with Crippen LogP contribution in [0.3, 0.4) is 0 Å². The minimum Gasteiger partial charge on any atom is -0.469 e. The minimum atomic E-state index is -0.644. The Hall–Kier alpha value is -2.87. The van der Waals surface area contributed by atoms with Gasteiger partial charge in [-0.05, 0) is 66.7 Å². The fourth-order valence-electron chi connectivity index (χ4n) is 5.47. The summed E-state index contributed by atoms with van der Waals surface area (Å²) in [5.41, 5.74) is 4.33. The van der Waals surface area contributed by atoms with Gasteiger partial charge in [0.15, 0.2) is 0 Å². The molecule has 0 aliphatic rings. The van der Waals surface area contributed by atoms with Crippen molar-refractivity contribution >= 4 is 5.97 Å². The van der Waals surface area contributed by atoms with Gasteiger partial charge in [-0.3, -0.25) is 4.79 Å². The van der Waals surface area contributed by atoms with E-state index in [1.165, 1.54) is 29.4 Å². The molecule has 0 bridgehead atoms. The Morgan fingerprint density at radius 2 is 1.23 bits per heavy atom. The van der Waals surface area contributed by atoms with E-state index in [2.05, 4.69) is 113 Å². The minimum absolute atomic E-state index is 0.128. The predicted molar refractivity (Wildman–Crippen MR) is 147 cm³/mol. The summed E-state index contributed by atoms with van der Waals surface area (Å²) in [6.07, 6.45) is 2.60. The third kappa shape index (κ3) is 6.04. The number of hydrogen-bond acceptors (Lipinski definition) is 2. The number of ether oxygens (including phenoxy) is 1. The van der Waals surface area contributed by atoms with Crippen molar-refractivity contribution in [1.29, 1.82) is 0 Å². The van der Waals surface area contributed by atoms with Crippen LogP contribution in [0.25, 0.3) is 0 Å². The van der Waals surface area contributed by atoms with E-state index in [0.29, 0.717) is 12.3 Å². The predicted octanol–water partition coefficient (Wildman–Crippen LogP) is 8.44. The number of rotatable bonds is 9. The highest BCUT2D eigenvalue weighted by Crippen LogP contribution is 2.49. The number of carbonyl (C=O) groups excluding carboxylic acids is 1. The SMILES string of the molecule is CCC(CC(CC(C)(C)C(=O)OC)(c1ccccc1)c1ccccc1)c1ccc(C(C)(C)C)cc1. The number of benzene rings is 3. The molecule has 0 N–H and O–H groups in total. The molecular formula is C33H42O2. The van der Waals surface area contributed by atoms with Gasteiger partial charge in [-0.15, -0.1) is 0 Å². The van der Waals surface area contributed by atoms with Crippen LogP contribution in [0.4, 0.5) is 0 Å². The monoisotopic (exact) mass is 470 g/mol. The second-order valence-corrected chi connectivity index (χ2v) is 11.5. The number of esters is 1. The van der Waals surface area contributed by atoms with Crippen LogP contribution in [0.15, 0.2) is 84.9 Å². The maximum atomic E-state index is 12.9. The second-order valence-electron chi connectivity index (χ2n) is 11.5. The molecule has 1 atom stereocenters. The number of methoxy groups -OCH3 is 1. The fraction of sp³-hybridized carbons (Fsp3) is 0.424. The average molecular weight is 471 g/mol. The van der Waals surface area contributed by atoms with E-state index in [1.54, 1.807) is 0 Å². The summed E-state index contributed by atoms with van der Waals surface area (Å²) >= 11 is 0. The second kappa shape index (κ2) is 10.8. The van der Waals surface area contributed by atoms with Gasteiger partial charge in [0.1, 0.15) is 0 Å². The lowest BCUT2D eigenvalue weighted by Crippen LogP contribution is -2.39. The Balaban J connectivity index is 2.17. The first-order valence-electron chi connectivity index (χ1n) is 12.8. The Morgan fingerprint density at radius 1 is 0.743 bits per heavy atom. The first-order chi connectivity index (χ1) is 16.5. The number of carbonyl (C=O) groups is 1. The van der Waals surface area contributed by atoms with Crippen molar-refractivity contribution in [3.63, 3.8) is 0 Å². The maximum absolute atomic E-state index is 12.9. The van der Waals surface area contributed by atoms with E-state index in [-0.39, 0.29) is 16.8 Å². The third-order valence-electron chi connectivity index (χ3n) is 7.47. The van der Waals surface area contributed by atoms with E-state index in [0.717, 1.165) is 12.8 Å². The van der Waals surface area contributed by atoms with Gasteiger partial charge in [0.2, 0.25) is 0 Å². The molecule has 0 aliphatic carbocycles. The van der Waals surface area contributed by atoms with Crippen LogP contribution in [-0.2, 0) is 20.4 Å². The number of hydrogen-bond donors (Lipinski definition) is 0. The smallest absolute Gasteiger partial charge is 0.311 e. The van der Waals surface area contributed by atoms with E-state index < -0.39 is 5.41 Å². The zero-order chi connectivity index (χ0) is 25.7. The van der Waals surface area contributed by atoms with Crippen molar-refractivity contribution in [3.05, 3.63) is 107 Å². The highest BCUT2D eigenvalue weighted by Gasteiger charge is 2.44. The van der Waals surface area contributed by atoms with Crippen LogP contribution >= 0.6 is 0 Å². The van der Waals surface area contributed by atoms with Crippen molar-refractivity contribution in [2.24, 2.45) is 5.41 Å². The quantitative estimate of drug-likeness (QED) is 0.293. The summed E-state index contributed by atoms with van der Waals surface area (Å²) < 4.78 is 5.25. The molecule has 0 fully saturated rings. The van der Waals surface area contributed by atoms with Gasteiger partial charge in [0.05, 0.1) is 12.5 Å². The molecule has 2 heteroatoms. The van der Waals surface area contributed by atoms with Gasteiger partial charge < -0.3 is 4.74 Å². The largest absolute Gasteiger partial charge is 0.469 e. The zero-order valence-corrected chi connectivity index (χ0v) is 22.6. The van der Waals surface area contributed by atoms with E-state index in [4.69, 9.17) is 4.74 Å². The lowest BCUT2D eigenvalue weighted by molar-refractivity contribution is -0.151. The van der Waals surface area contributed by atoms with Gasteiger partial charge in [-0.25, -0.2) is 0 Å². The van der Waals surface area contributed by atoms with Crippen molar-refractivity contribution in [2.45, 2.75) is 77.6 Å². The topological polar surface area (TPSA) is 26.3 Å². The van der Waals surface area contributed by atoms with Crippen LogP contribution in [0.5, 0.6) is 0 Å². The molecule has 0 heterocycles. The molecular weight excluding hydrogens is 428 g/mol. The molecule has 3 aromatic carbocycles. The molecule has 1 unspecified atom stereocenters. The Labute approximate surface area is 212 Å². The summed E-state index contributed by atoms with van der Waals surface area (Å²) in [6.45, 7) is 13.1. The van der Waals surface area contributed by atoms with Gasteiger partial charge >= 0.3 is 5.97 Å². The summed E-state index contributed by atoms with van der Waals surface area (Å²) in [6, 6.07) is 30.6. The van der Waals surface area contributed by atoms with Crippen LogP contribution < -0.4 is 0 Å². The highest BCUT2D eigenvalue weighted by atomic mass is 16.5. The molecule has 186 valence electrons. The van der Waals surface area contributed by atoms with Crippen LogP contribution in [0, 0.1) is 5.41 Å². The summed E-state index contributed by atoms with van der Waals surface area (Å²) in [5.74, 6) is 0.175. The Bertz CT molecular complexity index is 1030. The van der Waals surface area contributed by atoms with Crippen LogP contribution in [0.2, 0.25) is 0 Å². The fourth-order valence-corrected chi connectivity index (χ4v) is 5.47.